The molecular weight excluding hydrogens is 323 g/mol. The van der Waals surface area contributed by atoms with Crippen molar-refractivity contribution in [1.29, 1.82) is 0 Å². The second-order valence-electron chi connectivity index (χ2n) is 5.18. The summed E-state index contributed by atoms with van der Waals surface area (Å²) in [5.41, 5.74) is 0.770. The quantitative estimate of drug-likeness (QED) is 0.928. The zero-order valence-corrected chi connectivity index (χ0v) is 13.6. The molecule has 0 spiro atoms. The van der Waals surface area contributed by atoms with Crippen molar-refractivity contribution in [1.82, 2.24) is 20.1 Å². The molecule has 1 N–H and O–H groups in total. The van der Waals surface area contributed by atoms with Gasteiger partial charge in [0.05, 0.1) is 16.2 Å². The molecule has 0 aliphatic carbocycles. The predicted octanol–water partition coefficient (Wildman–Crippen LogP) is 2.67. The third kappa shape index (κ3) is 3.58. The van der Waals surface area contributed by atoms with Crippen molar-refractivity contribution in [3.8, 4) is 0 Å². The van der Waals surface area contributed by atoms with Crippen molar-refractivity contribution in [3.63, 3.8) is 0 Å². The van der Waals surface area contributed by atoms with E-state index in [0.717, 1.165) is 37.7 Å². The third-order valence-electron chi connectivity index (χ3n) is 3.55. The number of nitrogens with one attached hydrogen (secondary N) is 1. The molecule has 0 radical (unpaired) electrons. The average Bonchev–Trinajstić information content (AvgIpc) is 2.52. The van der Waals surface area contributed by atoms with Crippen molar-refractivity contribution >= 4 is 40.7 Å². The van der Waals surface area contributed by atoms with Gasteiger partial charge in [0.15, 0.2) is 5.82 Å². The molecular formula is C14H16Cl2N6. The lowest BCUT2D eigenvalue weighted by Gasteiger charge is -2.32. The van der Waals surface area contributed by atoms with Gasteiger partial charge in [-0.2, -0.15) is 10.1 Å². The van der Waals surface area contributed by atoms with Crippen LogP contribution in [0.1, 0.15) is 0 Å². The molecule has 2 aromatic rings. The van der Waals surface area contributed by atoms with Crippen molar-refractivity contribution in [2.45, 2.75) is 0 Å². The van der Waals surface area contributed by atoms with Gasteiger partial charge in [-0.1, -0.05) is 23.2 Å². The Balaban J connectivity index is 1.74. The Kier molecular flexibility index (Phi) is 4.61. The van der Waals surface area contributed by atoms with E-state index in [2.05, 4.69) is 37.3 Å². The molecule has 2 heterocycles. The SMILES string of the molecule is CN1CCN(c2cnnc(Nc3ccc(Cl)c(Cl)c3)n2)CC1. The number of nitrogens with zero attached hydrogens (tertiary/aromatic N) is 5. The van der Waals surface area contributed by atoms with Crippen LogP contribution in [-0.2, 0) is 0 Å². The molecule has 0 unspecified atom stereocenters. The number of hydrogen-bond acceptors (Lipinski definition) is 6. The first-order chi connectivity index (χ1) is 10.6. The number of rotatable bonds is 3. The summed E-state index contributed by atoms with van der Waals surface area (Å²) in [5.74, 6) is 1.26. The molecule has 0 amide bonds. The number of halogens is 2. The summed E-state index contributed by atoms with van der Waals surface area (Å²) in [6, 6.07) is 5.28. The van der Waals surface area contributed by atoms with E-state index in [1.807, 2.05) is 6.07 Å². The van der Waals surface area contributed by atoms with Crippen molar-refractivity contribution in [3.05, 3.63) is 34.4 Å². The van der Waals surface area contributed by atoms with Gasteiger partial charge in [-0.3, -0.25) is 0 Å². The van der Waals surface area contributed by atoms with Crippen LogP contribution in [-0.4, -0.2) is 53.3 Å². The summed E-state index contributed by atoms with van der Waals surface area (Å²) in [4.78, 5) is 9.01. The zero-order chi connectivity index (χ0) is 15.5. The fraction of sp³-hybridized carbons (Fsp3) is 0.357. The first kappa shape index (κ1) is 15.3. The van der Waals surface area contributed by atoms with Gasteiger partial charge in [0, 0.05) is 31.9 Å². The molecule has 1 aromatic carbocycles. The van der Waals surface area contributed by atoms with Crippen LogP contribution in [0.5, 0.6) is 0 Å². The average molecular weight is 339 g/mol. The smallest absolute Gasteiger partial charge is 0.249 e. The molecule has 8 heteroatoms. The first-order valence-corrected chi connectivity index (χ1v) is 7.73. The molecule has 0 atom stereocenters. The van der Waals surface area contributed by atoms with Gasteiger partial charge in [0.25, 0.3) is 0 Å². The number of hydrogen-bond donors (Lipinski definition) is 1. The summed E-state index contributed by atoms with van der Waals surface area (Å²) >= 11 is 11.9. The molecule has 116 valence electrons. The van der Waals surface area contributed by atoms with E-state index in [1.54, 1.807) is 18.3 Å². The lowest BCUT2D eigenvalue weighted by molar-refractivity contribution is 0.312. The van der Waals surface area contributed by atoms with Gasteiger partial charge in [-0.25, -0.2) is 0 Å². The van der Waals surface area contributed by atoms with E-state index in [-0.39, 0.29) is 0 Å². The van der Waals surface area contributed by atoms with Crippen LogP contribution in [0, 0.1) is 0 Å². The molecule has 3 rings (SSSR count). The third-order valence-corrected chi connectivity index (χ3v) is 4.29. The molecule has 1 aliphatic heterocycles. The molecule has 6 nitrogen and oxygen atoms in total. The Hall–Kier alpha value is -1.63. The van der Waals surface area contributed by atoms with Gasteiger partial charge in [0.1, 0.15) is 0 Å². The zero-order valence-electron chi connectivity index (χ0n) is 12.1. The lowest BCUT2D eigenvalue weighted by Crippen LogP contribution is -2.44. The monoisotopic (exact) mass is 338 g/mol. The second kappa shape index (κ2) is 6.64. The molecule has 1 fully saturated rings. The highest BCUT2D eigenvalue weighted by Crippen LogP contribution is 2.26. The van der Waals surface area contributed by atoms with Gasteiger partial charge < -0.3 is 15.1 Å². The molecule has 1 aliphatic rings. The van der Waals surface area contributed by atoms with Crippen molar-refractivity contribution in [2.24, 2.45) is 0 Å². The Morgan fingerprint density at radius 1 is 1.09 bits per heavy atom. The summed E-state index contributed by atoms with van der Waals surface area (Å²) in [7, 11) is 2.12. The van der Waals surface area contributed by atoms with Crippen LogP contribution in [0.15, 0.2) is 24.4 Å². The first-order valence-electron chi connectivity index (χ1n) is 6.97. The normalized spacial score (nSPS) is 15.9. The van der Waals surface area contributed by atoms with Gasteiger partial charge in [-0.05, 0) is 25.2 Å². The van der Waals surface area contributed by atoms with Crippen LogP contribution < -0.4 is 10.2 Å². The van der Waals surface area contributed by atoms with Gasteiger partial charge in [0.2, 0.25) is 5.95 Å². The Bertz CT molecular complexity index is 658. The molecule has 1 saturated heterocycles. The highest BCUT2D eigenvalue weighted by atomic mass is 35.5. The topological polar surface area (TPSA) is 57.2 Å². The standard InChI is InChI=1S/C14H16Cl2N6/c1-21-4-6-22(7-5-21)13-9-17-20-14(19-13)18-10-2-3-11(15)12(16)8-10/h2-3,8-9H,4-7H2,1H3,(H,18,19,20). The number of benzene rings is 1. The van der Waals surface area contributed by atoms with E-state index < -0.39 is 0 Å². The number of likely N-dealkylation sites (N-methyl/N-ethyl adjacent to an activating group) is 1. The second-order valence-corrected chi connectivity index (χ2v) is 6.00. The van der Waals surface area contributed by atoms with E-state index in [4.69, 9.17) is 23.2 Å². The maximum Gasteiger partial charge on any atom is 0.249 e. The van der Waals surface area contributed by atoms with Crippen LogP contribution >= 0.6 is 23.2 Å². The fourth-order valence-corrected chi connectivity index (χ4v) is 2.54. The molecule has 1 aromatic heterocycles. The highest BCUT2D eigenvalue weighted by molar-refractivity contribution is 6.42. The molecule has 0 bridgehead atoms. The summed E-state index contributed by atoms with van der Waals surface area (Å²) in [6.45, 7) is 3.89. The largest absolute Gasteiger partial charge is 0.353 e. The van der Waals surface area contributed by atoms with E-state index >= 15 is 0 Å². The van der Waals surface area contributed by atoms with Crippen LogP contribution in [0.25, 0.3) is 0 Å². The minimum Gasteiger partial charge on any atom is -0.353 e. The molecule has 0 saturated carbocycles. The van der Waals surface area contributed by atoms with Crippen LogP contribution in [0.4, 0.5) is 17.5 Å². The maximum absolute atomic E-state index is 6.01. The lowest BCUT2D eigenvalue weighted by atomic mass is 10.3. The predicted molar refractivity (Wildman–Crippen MR) is 89.3 cm³/mol. The van der Waals surface area contributed by atoms with Crippen LogP contribution in [0.3, 0.4) is 0 Å². The highest BCUT2D eigenvalue weighted by Gasteiger charge is 2.16. The van der Waals surface area contributed by atoms with E-state index in [0.29, 0.717) is 16.0 Å². The van der Waals surface area contributed by atoms with E-state index in [1.165, 1.54) is 0 Å². The van der Waals surface area contributed by atoms with E-state index in [9.17, 15) is 0 Å². The van der Waals surface area contributed by atoms with Crippen molar-refractivity contribution < 1.29 is 0 Å². The van der Waals surface area contributed by atoms with Crippen LogP contribution in [0.2, 0.25) is 10.0 Å². The Labute approximate surface area is 139 Å². The van der Waals surface area contributed by atoms with Gasteiger partial charge >= 0.3 is 0 Å². The number of anilines is 3. The molecule has 22 heavy (non-hydrogen) atoms. The Morgan fingerprint density at radius 2 is 1.86 bits per heavy atom. The van der Waals surface area contributed by atoms with Crippen molar-refractivity contribution in [2.75, 3.05) is 43.4 Å². The minimum atomic E-state index is 0.440. The summed E-state index contributed by atoms with van der Waals surface area (Å²) < 4.78 is 0. The van der Waals surface area contributed by atoms with Gasteiger partial charge in [-0.15, -0.1) is 5.10 Å². The fourth-order valence-electron chi connectivity index (χ4n) is 2.24. The summed E-state index contributed by atoms with van der Waals surface area (Å²) in [5, 5.41) is 12.1. The number of piperazine rings is 1. The minimum absolute atomic E-state index is 0.440. The number of aromatic nitrogens is 3. The Morgan fingerprint density at radius 3 is 2.59 bits per heavy atom. The summed E-state index contributed by atoms with van der Waals surface area (Å²) in [6.07, 6.45) is 1.69. The maximum atomic E-state index is 6.01.